The monoisotopic (exact) mass is 503 g/mol. The summed E-state index contributed by atoms with van der Waals surface area (Å²) in [5, 5.41) is 17.0. The largest absolute Gasteiger partial charge is 0.480 e. The van der Waals surface area contributed by atoms with Crippen LogP contribution in [0.2, 0.25) is 0 Å². The minimum Gasteiger partial charge on any atom is -0.480 e. The zero-order valence-corrected chi connectivity index (χ0v) is 21.3. The molecule has 196 valence electrons. The van der Waals surface area contributed by atoms with Crippen molar-refractivity contribution in [2.75, 3.05) is 12.3 Å². The molecule has 34 heavy (non-hydrogen) atoms. The van der Waals surface area contributed by atoms with Crippen molar-refractivity contribution in [2.24, 2.45) is 34.0 Å². The fourth-order valence-corrected chi connectivity index (χ4v) is 3.21. The van der Waals surface area contributed by atoms with Crippen LogP contribution >= 0.6 is 12.6 Å². The van der Waals surface area contributed by atoms with Crippen LogP contribution in [0.25, 0.3) is 0 Å². The first kappa shape index (κ1) is 31.5. The molecule has 10 N–H and O–H groups in total. The molecule has 0 radical (unpaired) electrons. The van der Waals surface area contributed by atoms with Gasteiger partial charge in [0, 0.05) is 12.3 Å². The molecule has 0 rings (SSSR count). The number of hydrogen-bond donors (Lipinski definition) is 8. The standard InChI is InChI=1S/C21H41N7O5S/c1-5-11(3)15(22)19(31)26-13(8-7-9-25-21(23)24)17(29)27-14(10-34)18(30)28-16(20(32)33)12(4)6-2/h11-16,34H,5-10,22H2,1-4H3,(H,26,31)(H,27,29)(H,28,30)(H,32,33)(H4,23,24,25). The lowest BCUT2D eigenvalue weighted by Gasteiger charge is -2.26. The van der Waals surface area contributed by atoms with E-state index in [2.05, 4.69) is 33.6 Å². The van der Waals surface area contributed by atoms with Crippen molar-refractivity contribution in [2.45, 2.75) is 77.5 Å². The zero-order chi connectivity index (χ0) is 26.4. The van der Waals surface area contributed by atoms with Gasteiger partial charge in [-0.1, -0.05) is 40.5 Å². The highest BCUT2D eigenvalue weighted by Crippen LogP contribution is 2.09. The number of aliphatic carboxylic acids is 1. The van der Waals surface area contributed by atoms with Gasteiger partial charge in [-0.3, -0.25) is 19.4 Å². The number of carbonyl (C=O) groups excluding carboxylic acids is 3. The normalized spacial score (nSPS) is 16.2. The molecule has 0 bridgehead atoms. The number of guanidine groups is 1. The number of carboxylic acids is 1. The first-order valence-corrected chi connectivity index (χ1v) is 12.1. The van der Waals surface area contributed by atoms with Gasteiger partial charge in [-0.2, -0.15) is 12.6 Å². The fraction of sp³-hybridized carbons (Fsp3) is 0.762. The Morgan fingerprint density at radius 1 is 0.912 bits per heavy atom. The van der Waals surface area contributed by atoms with Gasteiger partial charge in [0.25, 0.3) is 0 Å². The number of hydrogen-bond acceptors (Lipinski definition) is 7. The molecule has 0 saturated heterocycles. The van der Waals surface area contributed by atoms with E-state index < -0.39 is 47.9 Å². The molecule has 0 aromatic carbocycles. The third-order valence-electron chi connectivity index (χ3n) is 5.73. The Balaban J connectivity index is 5.43. The molecule has 3 amide bonds. The Morgan fingerprint density at radius 3 is 1.91 bits per heavy atom. The Hall–Kier alpha value is -2.54. The molecule has 0 aliphatic rings. The number of thiol groups is 1. The number of amides is 3. The van der Waals surface area contributed by atoms with Crippen LogP contribution < -0.4 is 33.2 Å². The Kier molecular flexibility index (Phi) is 14.9. The van der Waals surface area contributed by atoms with Gasteiger partial charge in [0.15, 0.2) is 5.96 Å². The number of rotatable bonds is 16. The van der Waals surface area contributed by atoms with Crippen molar-refractivity contribution in [3.8, 4) is 0 Å². The highest BCUT2D eigenvalue weighted by molar-refractivity contribution is 7.80. The average Bonchev–Trinajstić information content (AvgIpc) is 2.80. The van der Waals surface area contributed by atoms with E-state index in [0.717, 1.165) is 0 Å². The highest BCUT2D eigenvalue weighted by Gasteiger charge is 2.31. The average molecular weight is 504 g/mol. The lowest BCUT2D eigenvalue weighted by molar-refractivity contribution is -0.143. The summed E-state index contributed by atoms with van der Waals surface area (Å²) in [7, 11) is 0. The van der Waals surface area contributed by atoms with E-state index in [1.165, 1.54) is 0 Å². The van der Waals surface area contributed by atoms with Crippen LogP contribution in [0.4, 0.5) is 0 Å². The van der Waals surface area contributed by atoms with Crippen LogP contribution in [0, 0.1) is 11.8 Å². The molecule has 0 aliphatic carbocycles. The van der Waals surface area contributed by atoms with Crippen molar-refractivity contribution < 1.29 is 24.3 Å². The Bertz CT molecular complexity index is 718. The van der Waals surface area contributed by atoms with Gasteiger partial charge in [0.05, 0.1) is 6.04 Å². The second-order valence-corrected chi connectivity index (χ2v) is 8.74. The van der Waals surface area contributed by atoms with Crippen molar-refractivity contribution in [3.05, 3.63) is 0 Å². The van der Waals surface area contributed by atoms with Gasteiger partial charge in [-0.05, 0) is 24.7 Å². The minimum atomic E-state index is -1.17. The quantitative estimate of drug-likeness (QED) is 0.0560. The van der Waals surface area contributed by atoms with Crippen LogP contribution in [0.1, 0.15) is 53.4 Å². The molecule has 0 fully saturated rings. The topological polar surface area (TPSA) is 215 Å². The number of aliphatic imine (C=N–C) groups is 1. The maximum Gasteiger partial charge on any atom is 0.326 e. The third-order valence-corrected chi connectivity index (χ3v) is 6.10. The molecule has 0 spiro atoms. The molecule has 0 aromatic rings. The number of carbonyl (C=O) groups is 4. The van der Waals surface area contributed by atoms with Crippen molar-refractivity contribution >= 4 is 42.3 Å². The summed E-state index contributed by atoms with van der Waals surface area (Å²) in [5.74, 6) is -3.56. The first-order chi connectivity index (χ1) is 15.9. The molecule has 0 heterocycles. The van der Waals surface area contributed by atoms with Gasteiger partial charge >= 0.3 is 5.97 Å². The second-order valence-electron chi connectivity index (χ2n) is 8.38. The van der Waals surface area contributed by atoms with Gasteiger partial charge in [-0.15, -0.1) is 0 Å². The van der Waals surface area contributed by atoms with Crippen molar-refractivity contribution in [1.29, 1.82) is 0 Å². The van der Waals surface area contributed by atoms with Gasteiger partial charge in [-0.25, -0.2) is 4.79 Å². The molecular weight excluding hydrogens is 462 g/mol. The van der Waals surface area contributed by atoms with E-state index in [1.807, 2.05) is 20.8 Å². The van der Waals surface area contributed by atoms with Crippen LogP contribution in [0.15, 0.2) is 4.99 Å². The number of nitrogens with one attached hydrogen (secondary N) is 3. The Morgan fingerprint density at radius 2 is 1.44 bits per heavy atom. The summed E-state index contributed by atoms with van der Waals surface area (Å²) in [4.78, 5) is 53.6. The summed E-state index contributed by atoms with van der Waals surface area (Å²) in [5.41, 5.74) is 16.6. The summed E-state index contributed by atoms with van der Waals surface area (Å²) in [6.45, 7) is 7.48. The maximum atomic E-state index is 13.0. The summed E-state index contributed by atoms with van der Waals surface area (Å²) in [6.07, 6.45) is 1.78. The van der Waals surface area contributed by atoms with Gasteiger partial charge < -0.3 is 38.3 Å². The molecule has 13 heteroatoms. The molecule has 6 unspecified atom stereocenters. The first-order valence-electron chi connectivity index (χ1n) is 11.4. The predicted octanol–water partition coefficient (Wildman–Crippen LogP) is -1.07. The summed E-state index contributed by atoms with van der Waals surface area (Å²) < 4.78 is 0. The molecule has 12 nitrogen and oxygen atoms in total. The zero-order valence-electron chi connectivity index (χ0n) is 20.4. The molecule has 0 aromatic heterocycles. The van der Waals surface area contributed by atoms with Crippen molar-refractivity contribution in [1.82, 2.24) is 16.0 Å². The smallest absolute Gasteiger partial charge is 0.326 e. The molecule has 0 aliphatic heterocycles. The fourth-order valence-electron chi connectivity index (χ4n) is 2.96. The number of nitrogens with zero attached hydrogens (tertiary/aromatic N) is 1. The minimum absolute atomic E-state index is 0.0779. The van der Waals surface area contributed by atoms with E-state index >= 15 is 0 Å². The van der Waals surface area contributed by atoms with Crippen LogP contribution in [-0.2, 0) is 19.2 Å². The van der Waals surface area contributed by atoms with E-state index in [-0.39, 0.29) is 36.5 Å². The molecule has 0 saturated carbocycles. The van der Waals surface area contributed by atoms with E-state index in [1.54, 1.807) is 6.92 Å². The predicted molar refractivity (Wildman–Crippen MR) is 134 cm³/mol. The molecule has 6 atom stereocenters. The van der Waals surface area contributed by atoms with Crippen molar-refractivity contribution in [3.63, 3.8) is 0 Å². The SMILES string of the molecule is CCC(C)C(N)C(=O)NC(CCCN=C(N)N)C(=O)NC(CS)C(=O)NC(C(=O)O)C(C)CC. The third kappa shape index (κ3) is 11.1. The highest BCUT2D eigenvalue weighted by atomic mass is 32.1. The summed E-state index contributed by atoms with van der Waals surface area (Å²) in [6, 6.07) is -4.03. The van der Waals surface area contributed by atoms with Crippen LogP contribution in [0.5, 0.6) is 0 Å². The van der Waals surface area contributed by atoms with Gasteiger partial charge in [0.1, 0.15) is 18.1 Å². The summed E-state index contributed by atoms with van der Waals surface area (Å²) >= 11 is 4.12. The van der Waals surface area contributed by atoms with Gasteiger partial charge in [0.2, 0.25) is 17.7 Å². The van der Waals surface area contributed by atoms with Crippen LogP contribution in [-0.4, -0.2) is 71.2 Å². The maximum absolute atomic E-state index is 13.0. The van der Waals surface area contributed by atoms with E-state index in [4.69, 9.17) is 17.2 Å². The molecular formula is C21H41N7O5S. The lowest BCUT2D eigenvalue weighted by Crippen LogP contribution is -2.58. The van der Waals surface area contributed by atoms with Crippen LogP contribution in [0.3, 0.4) is 0 Å². The van der Waals surface area contributed by atoms with E-state index in [9.17, 15) is 24.3 Å². The number of nitrogens with two attached hydrogens (primary N) is 3. The Labute approximate surface area is 206 Å². The van der Waals surface area contributed by atoms with E-state index in [0.29, 0.717) is 19.3 Å². The lowest BCUT2D eigenvalue weighted by atomic mass is 9.98. The number of carboxylic acid groups (broad SMARTS) is 1. The second kappa shape index (κ2) is 16.1.